The van der Waals surface area contributed by atoms with Crippen LogP contribution in [0.2, 0.25) is 0 Å². The van der Waals surface area contributed by atoms with Crippen molar-refractivity contribution in [1.29, 1.82) is 10.5 Å². The van der Waals surface area contributed by atoms with Gasteiger partial charge in [-0.25, -0.2) is 0 Å². The summed E-state index contributed by atoms with van der Waals surface area (Å²) in [6, 6.07) is 24.6. The summed E-state index contributed by atoms with van der Waals surface area (Å²) < 4.78 is 10.8. The molecule has 8 heteroatoms. The van der Waals surface area contributed by atoms with Crippen molar-refractivity contribution >= 4 is 11.8 Å². The molecule has 0 atom stereocenters. The van der Waals surface area contributed by atoms with Crippen molar-refractivity contribution in [3.05, 3.63) is 95.1 Å². The van der Waals surface area contributed by atoms with Gasteiger partial charge in [0.1, 0.15) is 11.5 Å². The fraction of sp³-hybridized carbons (Fsp3) is 0.154. The van der Waals surface area contributed by atoms with Crippen molar-refractivity contribution in [2.24, 2.45) is 0 Å². The standard InChI is InChI=1S/C26H22N4O4/c27-13-19-5-9-23(10-6-19)33-17-25(31)29-15-21-1-2-22(4-3-21)16-30-26(32)18-34-24-11-7-20(14-28)8-12-24/h1-12H,15-18H2,(H,29,31)(H,30,32). The Morgan fingerprint density at radius 1 is 0.618 bits per heavy atom. The van der Waals surface area contributed by atoms with E-state index < -0.39 is 0 Å². The van der Waals surface area contributed by atoms with Crippen molar-refractivity contribution in [3.63, 3.8) is 0 Å². The minimum atomic E-state index is -0.261. The van der Waals surface area contributed by atoms with Gasteiger partial charge in [0.05, 0.1) is 23.3 Å². The average Bonchev–Trinajstić information content (AvgIpc) is 2.89. The second-order valence-electron chi connectivity index (χ2n) is 7.22. The van der Waals surface area contributed by atoms with E-state index in [2.05, 4.69) is 10.6 Å². The Labute approximate surface area is 197 Å². The summed E-state index contributed by atoms with van der Waals surface area (Å²) in [5, 5.41) is 23.1. The molecule has 2 N–H and O–H groups in total. The summed E-state index contributed by atoms with van der Waals surface area (Å²) in [5.41, 5.74) is 2.87. The van der Waals surface area contributed by atoms with E-state index in [0.717, 1.165) is 11.1 Å². The van der Waals surface area contributed by atoms with E-state index in [9.17, 15) is 9.59 Å². The normalized spacial score (nSPS) is 9.82. The lowest BCUT2D eigenvalue weighted by molar-refractivity contribution is -0.124. The van der Waals surface area contributed by atoms with Crippen molar-refractivity contribution in [2.45, 2.75) is 13.1 Å². The largest absolute Gasteiger partial charge is 0.484 e. The number of carbonyl (C=O) groups excluding carboxylic acids is 2. The highest BCUT2D eigenvalue weighted by Crippen LogP contribution is 2.12. The molecule has 0 fully saturated rings. The van der Waals surface area contributed by atoms with Crippen molar-refractivity contribution in [1.82, 2.24) is 10.6 Å². The van der Waals surface area contributed by atoms with Gasteiger partial charge in [-0.3, -0.25) is 9.59 Å². The maximum absolute atomic E-state index is 12.0. The van der Waals surface area contributed by atoms with E-state index >= 15 is 0 Å². The monoisotopic (exact) mass is 454 g/mol. The van der Waals surface area contributed by atoms with E-state index in [0.29, 0.717) is 35.7 Å². The lowest BCUT2D eigenvalue weighted by Gasteiger charge is -2.09. The number of ether oxygens (including phenoxy) is 2. The molecule has 0 heterocycles. The number of amides is 2. The summed E-state index contributed by atoms with van der Waals surface area (Å²) in [5.74, 6) is 0.511. The number of nitrogens with zero attached hydrogens (tertiary/aromatic N) is 2. The van der Waals surface area contributed by atoms with Crippen LogP contribution in [0, 0.1) is 22.7 Å². The number of carbonyl (C=O) groups is 2. The van der Waals surface area contributed by atoms with Crippen LogP contribution in [0.15, 0.2) is 72.8 Å². The summed E-state index contributed by atoms with van der Waals surface area (Å²) in [7, 11) is 0. The number of hydrogen-bond acceptors (Lipinski definition) is 6. The zero-order valence-electron chi connectivity index (χ0n) is 18.3. The molecule has 0 saturated heterocycles. The first-order valence-corrected chi connectivity index (χ1v) is 10.4. The van der Waals surface area contributed by atoms with Gasteiger partial charge in [-0.05, 0) is 59.7 Å². The molecule has 2 amide bonds. The van der Waals surface area contributed by atoms with Crippen LogP contribution in [0.5, 0.6) is 11.5 Å². The summed E-state index contributed by atoms with van der Waals surface area (Å²) in [6.07, 6.45) is 0. The molecule has 0 aromatic heterocycles. The maximum atomic E-state index is 12.0. The Hall–Kier alpha value is -4.82. The van der Waals surface area contributed by atoms with Gasteiger partial charge in [0.2, 0.25) is 0 Å². The molecule has 0 saturated carbocycles. The minimum absolute atomic E-state index is 0.124. The highest BCUT2D eigenvalue weighted by atomic mass is 16.5. The quantitative estimate of drug-likeness (QED) is 0.485. The third-order valence-corrected chi connectivity index (χ3v) is 4.71. The fourth-order valence-corrected chi connectivity index (χ4v) is 2.83. The summed E-state index contributed by atoms with van der Waals surface area (Å²) in [6.45, 7) is 0.447. The summed E-state index contributed by atoms with van der Waals surface area (Å²) >= 11 is 0. The Kier molecular flexibility index (Phi) is 8.61. The predicted molar refractivity (Wildman–Crippen MR) is 123 cm³/mol. The van der Waals surface area contributed by atoms with Crippen LogP contribution in [0.25, 0.3) is 0 Å². The van der Waals surface area contributed by atoms with Gasteiger partial charge in [-0.1, -0.05) is 24.3 Å². The van der Waals surface area contributed by atoms with Crippen LogP contribution in [-0.2, 0) is 22.7 Å². The van der Waals surface area contributed by atoms with Crippen molar-refractivity contribution in [3.8, 4) is 23.6 Å². The fourth-order valence-electron chi connectivity index (χ4n) is 2.83. The van der Waals surface area contributed by atoms with E-state index in [1.165, 1.54) is 0 Å². The molecule has 3 aromatic carbocycles. The van der Waals surface area contributed by atoms with Gasteiger partial charge < -0.3 is 20.1 Å². The molecule has 0 aliphatic rings. The number of benzene rings is 3. The maximum Gasteiger partial charge on any atom is 0.258 e. The first-order chi connectivity index (χ1) is 16.6. The lowest BCUT2D eigenvalue weighted by atomic mass is 10.1. The zero-order chi connectivity index (χ0) is 24.2. The Bertz CT molecular complexity index is 1100. The molecule has 3 rings (SSSR count). The third-order valence-electron chi connectivity index (χ3n) is 4.71. The average molecular weight is 454 g/mol. The van der Waals surface area contributed by atoms with Crippen LogP contribution in [-0.4, -0.2) is 25.0 Å². The first-order valence-electron chi connectivity index (χ1n) is 10.4. The van der Waals surface area contributed by atoms with Gasteiger partial charge in [0.25, 0.3) is 11.8 Å². The van der Waals surface area contributed by atoms with Gasteiger partial charge in [-0.2, -0.15) is 10.5 Å². The van der Waals surface area contributed by atoms with Gasteiger partial charge in [0.15, 0.2) is 13.2 Å². The Morgan fingerprint density at radius 3 is 1.29 bits per heavy atom. The Morgan fingerprint density at radius 2 is 0.971 bits per heavy atom. The van der Waals surface area contributed by atoms with E-state index in [-0.39, 0.29) is 25.0 Å². The lowest BCUT2D eigenvalue weighted by Crippen LogP contribution is -2.29. The van der Waals surface area contributed by atoms with Crippen LogP contribution < -0.4 is 20.1 Å². The molecule has 0 radical (unpaired) electrons. The molecular weight excluding hydrogens is 432 g/mol. The van der Waals surface area contributed by atoms with E-state index in [1.807, 2.05) is 36.4 Å². The highest BCUT2D eigenvalue weighted by Gasteiger charge is 2.05. The van der Waals surface area contributed by atoms with Gasteiger partial charge >= 0.3 is 0 Å². The molecule has 0 aliphatic heterocycles. The van der Waals surface area contributed by atoms with E-state index in [1.54, 1.807) is 48.5 Å². The van der Waals surface area contributed by atoms with Crippen LogP contribution >= 0.6 is 0 Å². The molecule has 0 unspecified atom stereocenters. The number of hydrogen-bond donors (Lipinski definition) is 2. The first kappa shape index (κ1) is 23.8. The van der Waals surface area contributed by atoms with Gasteiger partial charge in [-0.15, -0.1) is 0 Å². The van der Waals surface area contributed by atoms with Crippen LogP contribution in [0.4, 0.5) is 0 Å². The molecule has 0 aliphatic carbocycles. The molecule has 3 aromatic rings. The molecule has 170 valence electrons. The zero-order valence-corrected chi connectivity index (χ0v) is 18.3. The number of nitrogens with one attached hydrogen (secondary N) is 2. The molecule has 0 bridgehead atoms. The highest BCUT2D eigenvalue weighted by molar-refractivity contribution is 5.78. The van der Waals surface area contributed by atoms with Gasteiger partial charge in [0, 0.05) is 13.1 Å². The number of nitriles is 2. The minimum Gasteiger partial charge on any atom is -0.484 e. The second kappa shape index (κ2) is 12.3. The van der Waals surface area contributed by atoms with Crippen molar-refractivity contribution in [2.75, 3.05) is 13.2 Å². The predicted octanol–water partition coefficient (Wildman–Crippen LogP) is 2.82. The molecule has 34 heavy (non-hydrogen) atoms. The number of rotatable bonds is 10. The summed E-state index contributed by atoms with van der Waals surface area (Å²) in [4.78, 5) is 24.0. The second-order valence-corrected chi connectivity index (χ2v) is 7.22. The third kappa shape index (κ3) is 7.70. The smallest absolute Gasteiger partial charge is 0.258 e. The topological polar surface area (TPSA) is 124 Å². The molecule has 8 nitrogen and oxygen atoms in total. The molecular formula is C26H22N4O4. The van der Waals surface area contributed by atoms with E-state index in [4.69, 9.17) is 20.0 Å². The SMILES string of the molecule is N#Cc1ccc(OCC(=O)NCc2ccc(CNC(=O)COc3ccc(C#N)cc3)cc2)cc1. The van der Waals surface area contributed by atoms with Crippen LogP contribution in [0.1, 0.15) is 22.3 Å². The van der Waals surface area contributed by atoms with Crippen LogP contribution in [0.3, 0.4) is 0 Å². The van der Waals surface area contributed by atoms with Crippen molar-refractivity contribution < 1.29 is 19.1 Å². The molecule has 0 spiro atoms. The Balaban J connectivity index is 1.34.